The molecular weight excluding hydrogens is 178 g/mol. The van der Waals surface area contributed by atoms with Crippen LogP contribution in [0.15, 0.2) is 0 Å². The standard InChI is InChI=1S/C7H15NO5/c1-5(9)8(6(2)10)13-7(11)4-12-3/h5-6,9-10H,4H2,1-3H3. The Morgan fingerprint density at radius 2 is 1.85 bits per heavy atom. The highest BCUT2D eigenvalue weighted by Gasteiger charge is 2.20. The third-order valence-corrected chi connectivity index (χ3v) is 1.21. The molecule has 6 heteroatoms. The molecule has 0 amide bonds. The van der Waals surface area contributed by atoms with E-state index in [1.54, 1.807) is 0 Å². The molecule has 2 unspecified atom stereocenters. The SMILES string of the molecule is COCC(=O)ON(C(C)O)C(C)O. The summed E-state index contributed by atoms with van der Waals surface area (Å²) in [5.74, 6) is -0.677. The Bertz CT molecular complexity index is 151. The normalized spacial score (nSPS) is 15.5. The van der Waals surface area contributed by atoms with Crippen LogP contribution in [0.3, 0.4) is 0 Å². The largest absolute Gasteiger partial charge is 0.375 e. The van der Waals surface area contributed by atoms with Gasteiger partial charge in [0.25, 0.3) is 0 Å². The Hall–Kier alpha value is -0.690. The number of rotatable bonds is 5. The molecule has 0 bridgehead atoms. The molecule has 0 aliphatic heterocycles. The van der Waals surface area contributed by atoms with E-state index in [0.717, 1.165) is 5.06 Å². The van der Waals surface area contributed by atoms with E-state index in [4.69, 9.17) is 10.2 Å². The third kappa shape index (κ3) is 4.79. The van der Waals surface area contributed by atoms with Crippen LogP contribution in [0.4, 0.5) is 0 Å². The van der Waals surface area contributed by atoms with Crippen molar-refractivity contribution in [2.45, 2.75) is 26.3 Å². The summed E-state index contributed by atoms with van der Waals surface area (Å²) in [6, 6.07) is 0. The zero-order valence-electron chi connectivity index (χ0n) is 7.93. The second-order valence-electron chi connectivity index (χ2n) is 2.52. The van der Waals surface area contributed by atoms with Crippen molar-refractivity contribution in [3.8, 4) is 0 Å². The molecule has 0 saturated heterocycles. The first kappa shape index (κ1) is 12.3. The Balaban J connectivity index is 4.02. The summed E-state index contributed by atoms with van der Waals surface area (Å²) < 4.78 is 4.50. The molecule has 0 rings (SSSR count). The van der Waals surface area contributed by atoms with Gasteiger partial charge in [0.2, 0.25) is 0 Å². The lowest BCUT2D eigenvalue weighted by Gasteiger charge is -2.25. The van der Waals surface area contributed by atoms with Crippen LogP contribution < -0.4 is 0 Å². The van der Waals surface area contributed by atoms with Crippen molar-refractivity contribution in [1.82, 2.24) is 5.06 Å². The summed E-state index contributed by atoms with van der Waals surface area (Å²) in [5, 5.41) is 18.9. The zero-order valence-corrected chi connectivity index (χ0v) is 7.93. The van der Waals surface area contributed by atoms with E-state index in [9.17, 15) is 4.79 Å². The third-order valence-electron chi connectivity index (χ3n) is 1.21. The van der Waals surface area contributed by atoms with Crippen molar-refractivity contribution < 1.29 is 24.6 Å². The number of hydroxylamine groups is 2. The van der Waals surface area contributed by atoms with Crippen LogP contribution >= 0.6 is 0 Å². The molecule has 0 aromatic heterocycles. The smallest absolute Gasteiger partial charge is 0.351 e. The van der Waals surface area contributed by atoms with Crippen molar-refractivity contribution in [3.05, 3.63) is 0 Å². The fourth-order valence-corrected chi connectivity index (χ4v) is 0.727. The predicted octanol–water partition coefficient (Wildman–Crippen LogP) is -0.930. The van der Waals surface area contributed by atoms with Crippen LogP contribution in [0.2, 0.25) is 0 Å². The molecule has 0 saturated carbocycles. The number of aliphatic hydroxyl groups excluding tert-OH is 2. The van der Waals surface area contributed by atoms with Crippen LogP contribution in [-0.4, -0.2) is 47.4 Å². The fourth-order valence-electron chi connectivity index (χ4n) is 0.727. The minimum Gasteiger partial charge on any atom is -0.375 e. The summed E-state index contributed by atoms with van der Waals surface area (Å²) in [6.07, 6.45) is -2.14. The van der Waals surface area contributed by atoms with Gasteiger partial charge in [-0.05, 0) is 13.8 Å². The van der Waals surface area contributed by atoms with Crippen molar-refractivity contribution in [3.63, 3.8) is 0 Å². The molecule has 0 heterocycles. The van der Waals surface area contributed by atoms with Crippen molar-refractivity contribution >= 4 is 5.97 Å². The van der Waals surface area contributed by atoms with Gasteiger partial charge in [0, 0.05) is 7.11 Å². The molecular formula is C7H15NO5. The zero-order chi connectivity index (χ0) is 10.4. The molecule has 0 radical (unpaired) electrons. The van der Waals surface area contributed by atoms with Crippen LogP contribution in [0.1, 0.15) is 13.8 Å². The van der Waals surface area contributed by atoms with Gasteiger partial charge >= 0.3 is 5.97 Å². The quantitative estimate of drug-likeness (QED) is 0.434. The molecule has 2 N–H and O–H groups in total. The fraction of sp³-hybridized carbons (Fsp3) is 0.857. The van der Waals surface area contributed by atoms with Crippen molar-refractivity contribution in [2.24, 2.45) is 0 Å². The highest BCUT2D eigenvalue weighted by molar-refractivity contribution is 5.70. The first-order valence-electron chi connectivity index (χ1n) is 3.83. The number of aliphatic hydroxyl groups is 2. The van der Waals surface area contributed by atoms with E-state index >= 15 is 0 Å². The Morgan fingerprint density at radius 3 is 2.15 bits per heavy atom. The highest BCUT2D eigenvalue weighted by atomic mass is 16.7. The molecule has 0 aromatic rings. The van der Waals surface area contributed by atoms with Gasteiger partial charge in [0.05, 0.1) is 0 Å². The molecule has 13 heavy (non-hydrogen) atoms. The lowest BCUT2D eigenvalue weighted by atomic mass is 10.5. The van der Waals surface area contributed by atoms with E-state index in [1.807, 2.05) is 0 Å². The first-order chi connectivity index (χ1) is 5.99. The first-order valence-corrected chi connectivity index (χ1v) is 3.83. The number of carbonyl (C=O) groups excluding carboxylic acids is 1. The summed E-state index contributed by atoms with van der Waals surface area (Å²) in [6.45, 7) is 2.51. The van der Waals surface area contributed by atoms with Gasteiger partial charge in [-0.2, -0.15) is 0 Å². The Labute approximate surface area is 76.6 Å². The lowest BCUT2D eigenvalue weighted by Crippen LogP contribution is -2.42. The minimum absolute atomic E-state index is 0.226. The van der Waals surface area contributed by atoms with E-state index in [1.165, 1.54) is 21.0 Å². The molecule has 6 nitrogen and oxygen atoms in total. The molecule has 0 fully saturated rings. The van der Waals surface area contributed by atoms with Gasteiger partial charge in [-0.1, -0.05) is 5.06 Å². The van der Waals surface area contributed by atoms with E-state index in [-0.39, 0.29) is 6.61 Å². The van der Waals surface area contributed by atoms with Gasteiger partial charge in [0.15, 0.2) is 0 Å². The number of hydrogen-bond acceptors (Lipinski definition) is 6. The van der Waals surface area contributed by atoms with Crippen molar-refractivity contribution in [2.75, 3.05) is 13.7 Å². The number of carbonyl (C=O) groups is 1. The van der Waals surface area contributed by atoms with Crippen LogP contribution in [-0.2, 0) is 14.4 Å². The predicted molar refractivity (Wildman–Crippen MR) is 43.2 cm³/mol. The number of hydrogen-bond donors (Lipinski definition) is 2. The average Bonchev–Trinajstić information content (AvgIpc) is 1.99. The number of methoxy groups -OCH3 is 1. The van der Waals surface area contributed by atoms with Gasteiger partial charge in [0.1, 0.15) is 19.1 Å². The van der Waals surface area contributed by atoms with Crippen LogP contribution in [0.5, 0.6) is 0 Å². The van der Waals surface area contributed by atoms with Crippen LogP contribution in [0.25, 0.3) is 0 Å². The van der Waals surface area contributed by atoms with E-state index in [0.29, 0.717) is 0 Å². The monoisotopic (exact) mass is 193 g/mol. The number of nitrogens with zero attached hydrogens (tertiary/aromatic N) is 1. The average molecular weight is 193 g/mol. The maximum atomic E-state index is 10.9. The molecule has 78 valence electrons. The molecule has 2 atom stereocenters. The number of ether oxygens (including phenoxy) is 1. The lowest BCUT2D eigenvalue weighted by molar-refractivity contribution is -0.278. The highest BCUT2D eigenvalue weighted by Crippen LogP contribution is 2.02. The van der Waals surface area contributed by atoms with Crippen LogP contribution in [0, 0.1) is 0 Å². The van der Waals surface area contributed by atoms with Gasteiger partial charge < -0.3 is 19.8 Å². The van der Waals surface area contributed by atoms with Gasteiger partial charge in [-0.15, -0.1) is 0 Å². The minimum atomic E-state index is -1.07. The van der Waals surface area contributed by atoms with E-state index < -0.39 is 18.4 Å². The second-order valence-corrected chi connectivity index (χ2v) is 2.52. The maximum Gasteiger partial charge on any atom is 0.351 e. The molecule has 0 spiro atoms. The molecule has 0 aromatic carbocycles. The van der Waals surface area contributed by atoms with Gasteiger partial charge in [-0.25, -0.2) is 4.79 Å². The molecule has 0 aliphatic rings. The maximum absolute atomic E-state index is 10.9. The summed E-state index contributed by atoms with van der Waals surface area (Å²) in [4.78, 5) is 15.4. The topological polar surface area (TPSA) is 79.2 Å². The summed E-state index contributed by atoms with van der Waals surface area (Å²) in [5.41, 5.74) is 0. The van der Waals surface area contributed by atoms with Crippen molar-refractivity contribution in [1.29, 1.82) is 0 Å². The Morgan fingerprint density at radius 1 is 1.38 bits per heavy atom. The second kappa shape index (κ2) is 5.87. The molecule has 0 aliphatic carbocycles. The van der Waals surface area contributed by atoms with Gasteiger partial charge in [-0.3, -0.25) is 0 Å². The summed E-state index contributed by atoms with van der Waals surface area (Å²) in [7, 11) is 1.34. The van der Waals surface area contributed by atoms with E-state index in [2.05, 4.69) is 9.57 Å². The Kier molecular flexibility index (Phi) is 5.56. The summed E-state index contributed by atoms with van der Waals surface area (Å²) >= 11 is 0.